The van der Waals surface area contributed by atoms with Gasteiger partial charge in [0.15, 0.2) is 0 Å². The first-order chi connectivity index (χ1) is 5.83. The normalized spacial score (nSPS) is 11.2. The number of hydrogen-bond donors (Lipinski definition) is 2. The molecule has 0 unspecified atom stereocenters. The molecule has 0 aromatic heterocycles. The third kappa shape index (κ3) is 2.49. The summed E-state index contributed by atoms with van der Waals surface area (Å²) in [5.74, 6) is 0.358. The molecule has 4 nitrogen and oxygen atoms in total. The number of hydrogen-bond acceptors (Lipinski definition) is 2. The van der Waals surface area contributed by atoms with Gasteiger partial charge in [-0.05, 0) is 5.56 Å². The molecule has 0 bridgehead atoms. The lowest BCUT2D eigenvalue weighted by Gasteiger charge is -1.97. The average Bonchev–Trinajstić information content (AvgIpc) is 2.06. The average molecular weight is 162 g/mol. The maximum atomic E-state index is 6.46. The fraction of sp³-hybridized carbons (Fsp3) is 0.125. The summed E-state index contributed by atoms with van der Waals surface area (Å²) in [5, 5.41) is 6.25. The smallest absolute Gasteiger partial charge is 0.128 e. The molecule has 0 radical (unpaired) electrons. The minimum Gasteiger partial charge on any atom is -0.385 e. The molecule has 0 aliphatic rings. The van der Waals surface area contributed by atoms with Crippen LogP contribution in [0.15, 0.2) is 40.7 Å². The van der Waals surface area contributed by atoms with E-state index in [2.05, 4.69) is 10.3 Å². The van der Waals surface area contributed by atoms with Crippen molar-refractivity contribution in [3.05, 3.63) is 35.9 Å². The molecule has 0 fully saturated rings. The minimum absolute atomic E-state index is 0.358. The second kappa shape index (κ2) is 4.23. The molecule has 1 aromatic carbocycles. The Kier molecular flexibility index (Phi) is 2.95. The molecule has 12 heavy (non-hydrogen) atoms. The Labute approximate surface area is 70.6 Å². The van der Waals surface area contributed by atoms with Crippen LogP contribution in [0.2, 0.25) is 0 Å². The van der Waals surface area contributed by atoms with Gasteiger partial charge in [0, 0.05) is 6.42 Å². The fourth-order valence-electron chi connectivity index (χ4n) is 0.905. The highest BCUT2D eigenvalue weighted by atomic mass is 15.3. The number of rotatable bonds is 3. The van der Waals surface area contributed by atoms with E-state index >= 15 is 0 Å². The molecule has 0 heterocycles. The van der Waals surface area contributed by atoms with Crippen LogP contribution in [0.4, 0.5) is 0 Å². The summed E-state index contributed by atoms with van der Waals surface area (Å²) in [6.07, 6.45) is 0.545. The van der Waals surface area contributed by atoms with Crippen LogP contribution in [0.5, 0.6) is 0 Å². The maximum absolute atomic E-state index is 6.46. The first-order valence-corrected chi connectivity index (χ1v) is 3.55. The van der Waals surface area contributed by atoms with Gasteiger partial charge in [0.05, 0.1) is 0 Å². The Hall–Kier alpha value is -1.71. The van der Waals surface area contributed by atoms with E-state index in [4.69, 9.17) is 11.3 Å². The monoisotopic (exact) mass is 162 g/mol. The van der Waals surface area contributed by atoms with E-state index in [1.54, 1.807) is 0 Å². The van der Waals surface area contributed by atoms with Gasteiger partial charge in [0.2, 0.25) is 0 Å². The van der Waals surface area contributed by atoms with Crippen LogP contribution in [0, 0.1) is 5.53 Å². The van der Waals surface area contributed by atoms with Crippen LogP contribution in [0.3, 0.4) is 0 Å². The Morgan fingerprint density at radius 2 is 2.00 bits per heavy atom. The lowest BCUT2D eigenvalue weighted by Crippen LogP contribution is -2.13. The first-order valence-electron chi connectivity index (χ1n) is 3.55. The van der Waals surface area contributed by atoms with Gasteiger partial charge in [-0.15, -0.1) is 5.10 Å². The van der Waals surface area contributed by atoms with Crippen molar-refractivity contribution >= 4 is 5.84 Å². The highest BCUT2D eigenvalue weighted by molar-refractivity contribution is 5.82. The van der Waals surface area contributed by atoms with Crippen LogP contribution in [0.1, 0.15) is 5.56 Å². The van der Waals surface area contributed by atoms with E-state index in [0.717, 1.165) is 5.56 Å². The van der Waals surface area contributed by atoms with Crippen LogP contribution in [0.25, 0.3) is 0 Å². The van der Waals surface area contributed by atoms with Gasteiger partial charge in [0.25, 0.3) is 0 Å². The van der Waals surface area contributed by atoms with Crippen LogP contribution in [-0.4, -0.2) is 5.84 Å². The molecule has 0 spiro atoms. The standard InChI is InChI=1S/C8H10N4/c9-8(11-12-10)6-7-4-2-1-3-5-7/h1-5H,6H2,(H3,9,10,11). The molecular weight excluding hydrogens is 152 g/mol. The summed E-state index contributed by atoms with van der Waals surface area (Å²) >= 11 is 0. The van der Waals surface area contributed by atoms with Crippen LogP contribution >= 0.6 is 0 Å². The summed E-state index contributed by atoms with van der Waals surface area (Å²) in [6, 6.07) is 9.70. The van der Waals surface area contributed by atoms with Gasteiger partial charge in [-0.1, -0.05) is 35.6 Å². The SMILES string of the molecule is N=N/N=C(/N)Cc1ccccc1. The summed E-state index contributed by atoms with van der Waals surface area (Å²) in [7, 11) is 0. The molecular formula is C8H10N4. The zero-order valence-corrected chi connectivity index (χ0v) is 6.57. The number of benzene rings is 1. The lowest BCUT2D eigenvalue weighted by molar-refractivity contribution is 0.976. The van der Waals surface area contributed by atoms with E-state index in [1.807, 2.05) is 30.3 Å². The van der Waals surface area contributed by atoms with Gasteiger partial charge in [0.1, 0.15) is 5.84 Å². The molecule has 1 aromatic rings. The second-order valence-corrected chi connectivity index (χ2v) is 2.35. The number of nitrogens with one attached hydrogen (secondary N) is 1. The van der Waals surface area contributed by atoms with Gasteiger partial charge in [-0.25, -0.2) is 0 Å². The third-order valence-electron chi connectivity index (χ3n) is 1.41. The largest absolute Gasteiger partial charge is 0.385 e. The predicted molar refractivity (Wildman–Crippen MR) is 46.9 cm³/mol. The van der Waals surface area contributed by atoms with Crippen LogP contribution < -0.4 is 5.73 Å². The van der Waals surface area contributed by atoms with Crippen molar-refractivity contribution in [1.29, 1.82) is 5.53 Å². The molecule has 0 amide bonds. The van der Waals surface area contributed by atoms with E-state index in [-0.39, 0.29) is 0 Å². The molecule has 1 rings (SSSR count). The molecule has 0 aliphatic carbocycles. The topological polar surface area (TPSA) is 74.6 Å². The second-order valence-electron chi connectivity index (χ2n) is 2.35. The van der Waals surface area contributed by atoms with Crippen molar-refractivity contribution in [2.75, 3.05) is 0 Å². The quantitative estimate of drug-likeness (QED) is 0.301. The lowest BCUT2D eigenvalue weighted by atomic mass is 10.1. The van der Waals surface area contributed by atoms with E-state index in [0.29, 0.717) is 12.3 Å². The minimum atomic E-state index is 0.358. The first kappa shape index (κ1) is 8.39. The number of nitrogens with two attached hydrogens (primary N) is 1. The molecule has 4 heteroatoms. The van der Waals surface area contributed by atoms with Crippen LogP contribution in [-0.2, 0) is 6.42 Å². The van der Waals surface area contributed by atoms with Crippen molar-refractivity contribution in [2.45, 2.75) is 6.42 Å². The fourth-order valence-corrected chi connectivity index (χ4v) is 0.905. The third-order valence-corrected chi connectivity index (χ3v) is 1.41. The molecule has 0 aliphatic heterocycles. The number of amidine groups is 1. The Balaban J connectivity index is 2.64. The van der Waals surface area contributed by atoms with E-state index < -0.39 is 0 Å². The molecule has 62 valence electrons. The maximum Gasteiger partial charge on any atom is 0.128 e. The van der Waals surface area contributed by atoms with Crippen molar-refractivity contribution in [2.24, 2.45) is 16.1 Å². The Morgan fingerprint density at radius 3 is 2.58 bits per heavy atom. The van der Waals surface area contributed by atoms with Gasteiger partial charge in [-0.2, -0.15) is 5.53 Å². The van der Waals surface area contributed by atoms with Gasteiger partial charge >= 0.3 is 0 Å². The van der Waals surface area contributed by atoms with E-state index in [1.165, 1.54) is 0 Å². The Bertz CT molecular complexity index is 278. The predicted octanol–water partition coefficient (Wildman–Crippen LogP) is 1.53. The summed E-state index contributed by atoms with van der Waals surface area (Å²) in [5.41, 5.74) is 13.0. The molecule has 3 N–H and O–H groups in total. The highest BCUT2D eigenvalue weighted by Crippen LogP contribution is 1.98. The van der Waals surface area contributed by atoms with Gasteiger partial charge < -0.3 is 5.73 Å². The molecule has 0 saturated carbocycles. The van der Waals surface area contributed by atoms with Crippen molar-refractivity contribution in [3.8, 4) is 0 Å². The zero-order chi connectivity index (χ0) is 8.81. The Morgan fingerprint density at radius 1 is 1.33 bits per heavy atom. The number of nitrogens with zero attached hydrogens (tertiary/aromatic N) is 2. The van der Waals surface area contributed by atoms with Crippen molar-refractivity contribution in [3.63, 3.8) is 0 Å². The zero-order valence-electron chi connectivity index (χ0n) is 6.57. The summed E-state index contributed by atoms with van der Waals surface area (Å²) in [4.78, 5) is 0. The van der Waals surface area contributed by atoms with Gasteiger partial charge in [-0.3, -0.25) is 0 Å². The van der Waals surface area contributed by atoms with Crippen molar-refractivity contribution < 1.29 is 0 Å². The summed E-state index contributed by atoms with van der Waals surface area (Å²) < 4.78 is 0. The molecule has 0 saturated heterocycles. The summed E-state index contributed by atoms with van der Waals surface area (Å²) in [6.45, 7) is 0. The highest BCUT2D eigenvalue weighted by Gasteiger charge is 1.94. The van der Waals surface area contributed by atoms with Crippen molar-refractivity contribution in [1.82, 2.24) is 0 Å². The van der Waals surface area contributed by atoms with E-state index in [9.17, 15) is 0 Å². The molecule has 0 atom stereocenters.